The van der Waals surface area contributed by atoms with E-state index in [4.69, 9.17) is 37.0 Å². The number of nitrogens with two attached hydrogens (primary N) is 4. The predicted molar refractivity (Wildman–Crippen MR) is 139 cm³/mol. The highest BCUT2D eigenvalue weighted by Gasteiger charge is 2.20. The summed E-state index contributed by atoms with van der Waals surface area (Å²) in [4.78, 5) is 48.8. The van der Waals surface area contributed by atoms with Crippen LogP contribution in [0.15, 0.2) is 0 Å². The Morgan fingerprint density at radius 2 is 1.14 bits per heavy atom. The van der Waals surface area contributed by atoms with Crippen LogP contribution in [0.3, 0.4) is 0 Å². The van der Waals surface area contributed by atoms with Gasteiger partial charge in [-0.15, -0.1) is 0 Å². The van der Waals surface area contributed by atoms with E-state index in [-0.39, 0.29) is 19.1 Å². The third-order valence-electron chi connectivity index (χ3n) is 3.61. The van der Waals surface area contributed by atoms with Crippen LogP contribution in [0.2, 0.25) is 0 Å². The topological polar surface area (TPSA) is 303 Å². The lowest BCUT2D eigenvalue weighted by molar-refractivity contribution is -0.139. The molecule has 0 amide bonds. The molecule has 1 saturated heterocycles. The molecule has 0 bridgehead atoms. The third kappa shape index (κ3) is 36.4. The van der Waals surface area contributed by atoms with Crippen molar-refractivity contribution in [2.24, 2.45) is 22.9 Å². The molecule has 15 nitrogen and oxygen atoms in total. The van der Waals surface area contributed by atoms with Crippen LogP contribution in [0.4, 0.5) is 0 Å². The Kier molecular flexibility index (Phi) is 33.1. The molecule has 36 heavy (non-hydrogen) atoms. The SMILES string of the molecule is CSCC[C@H](N)C(=O)O.CSCC[C@H](N)C(=O)O.NCC(=O)O.NCC(=O)O.O=C(O)[C@@H]1CCCN1. The lowest BCUT2D eigenvalue weighted by atomic mass is 10.2. The van der Waals surface area contributed by atoms with Gasteiger partial charge in [-0.25, -0.2) is 0 Å². The van der Waals surface area contributed by atoms with Gasteiger partial charge in [-0.2, -0.15) is 23.5 Å². The van der Waals surface area contributed by atoms with Gasteiger partial charge in [-0.05, 0) is 56.2 Å². The van der Waals surface area contributed by atoms with Gasteiger partial charge in [-0.3, -0.25) is 24.0 Å². The monoisotopic (exact) mass is 563 g/mol. The minimum absolute atomic E-state index is 0.269. The van der Waals surface area contributed by atoms with Crippen molar-refractivity contribution in [3.05, 3.63) is 0 Å². The van der Waals surface area contributed by atoms with Gasteiger partial charge in [0.15, 0.2) is 0 Å². The average molecular weight is 564 g/mol. The molecule has 1 fully saturated rings. The zero-order chi connectivity index (χ0) is 29.1. The Labute approximate surface area is 218 Å². The van der Waals surface area contributed by atoms with Gasteiger partial charge in [0.25, 0.3) is 0 Å². The molecule has 0 saturated carbocycles. The van der Waals surface area contributed by atoms with Gasteiger partial charge in [0, 0.05) is 0 Å². The molecule has 0 spiro atoms. The van der Waals surface area contributed by atoms with Crippen molar-refractivity contribution in [3.8, 4) is 0 Å². The summed E-state index contributed by atoms with van der Waals surface area (Å²) in [6.45, 7) is 0.303. The highest BCUT2D eigenvalue weighted by atomic mass is 32.2. The molecule has 214 valence electrons. The molecule has 1 rings (SSSR count). The van der Waals surface area contributed by atoms with E-state index in [1.165, 1.54) is 0 Å². The largest absolute Gasteiger partial charge is 0.480 e. The number of carboxylic acids is 5. The van der Waals surface area contributed by atoms with Gasteiger partial charge in [0.2, 0.25) is 0 Å². The Hall–Kier alpha value is -2.15. The van der Waals surface area contributed by atoms with Crippen molar-refractivity contribution in [2.75, 3.05) is 43.7 Å². The second-order valence-corrected chi connectivity index (χ2v) is 8.61. The number of carboxylic acid groups (broad SMARTS) is 5. The Bertz CT molecular complexity index is 573. The van der Waals surface area contributed by atoms with Gasteiger partial charge in [-0.1, -0.05) is 0 Å². The number of thioether (sulfide) groups is 2. The first-order chi connectivity index (χ1) is 16.7. The Morgan fingerprint density at radius 1 is 0.806 bits per heavy atom. The van der Waals surface area contributed by atoms with E-state index in [0.717, 1.165) is 30.9 Å². The third-order valence-corrected chi connectivity index (χ3v) is 4.90. The van der Waals surface area contributed by atoms with Crippen LogP contribution in [0, 0.1) is 0 Å². The summed E-state index contributed by atoms with van der Waals surface area (Å²) in [6, 6.07) is -1.63. The number of hydrogen-bond donors (Lipinski definition) is 10. The molecule has 0 aromatic rings. The maximum Gasteiger partial charge on any atom is 0.320 e. The first-order valence-electron chi connectivity index (χ1n) is 10.5. The summed E-state index contributed by atoms with van der Waals surface area (Å²) in [5.74, 6) is -2.85. The zero-order valence-corrected chi connectivity index (χ0v) is 22.1. The Morgan fingerprint density at radius 3 is 1.28 bits per heavy atom. The fraction of sp³-hybridized carbons (Fsp3) is 0.737. The van der Waals surface area contributed by atoms with Crippen molar-refractivity contribution < 1.29 is 49.5 Å². The minimum Gasteiger partial charge on any atom is -0.480 e. The summed E-state index contributed by atoms with van der Waals surface area (Å²) >= 11 is 3.21. The van der Waals surface area contributed by atoms with E-state index in [9.17, 15) is 24.0 Å². The number of rotatable bonds is 11. The molecule has 0 aromatic carbocycles. The molecule has 0 radical (unpaired) electrons. The van der Waals surface area contributed by atoms with E-state index in [1.807, 2.05) is 12.5 Å². The number of nitrogens with one attached hydrogen (secondary N) is 1. The normalized spacial score (nSPS) is 14.9. The summed E-state index contributed by atoms with van der Waals surface area (Å²) in [5, 5.41) is 43.0. The van der Waals surface area contributed by atoms with Crippen molar-refractivity contribution in [1.29, 1.82) is 0 Å². The molecule has 1 heterocycles. The van der Waals surface area contributed by atoms with Crippen molar-refractivity contribution in [2.45, 2.75) is 43.8 Å². The zero-order valence-electron chi connectivity index (χ0n) is 20.5. The van der Waals surface area contributed by atoms with Crippen LogP contribution in [0.25, 0.3) is 0 Å². The number of aliphatic carboxylic acids is 5. The standard InChI is InChI=1S/2C5H11NO2S.C5H9NO2.2C2H5NO2/c2*1-9-3-2-4(6)5(7)8;7-5(8)4-2-1-3-6-4;2*3-1-2(4)5/h2*4H,2-3,6H2,1H3,(H,7,8);4,6H,1-3H2,(H,7,8);2*1,3H2,(H,4,5)/t3*4-;;/m000../s1. The molecule has 1 aliphatic rings. The highest BCUT2D eigenvalue weighted by molar-refractivity contribution is 7.98. The molecular weight excluding hydrogens is 522 g/mol. The van der Waals surface area contributed by atoms with E-state index >= 15 is 0 Å². The average Bonchev–Trinajstić information content (AvgIpc) is 3.37. The first kappa shape index (κ1) is 41.0. The van der Waals surface area contributed by atoms with Crippen molar-refractivity contribution in [1.82, 2.24) is 5.32 Å². The summed E-state index contributed by atoms with van der Waals surface area (Å²) in [5.41, 5.74) is 19.5. The fourth-order valence-electron chi connectivity index (χ4n) is 1.63. The van der Waals surface area contributed by atoms with E-state index in [1.54, 1.807) is 23.5 Å². The smallest absolute Gasteiger partial charge is 0.320 e. The van der Waals surface area contributed by atoms with Crippen LogP contribution >= 0.6 is 23.5 Å². The second kappa shape index (κ2) is 29.1. The first-order valence-corrected chi connectivity index (χ1v) is 13.2. The quantitative estimate of drug-likeness (QED) is 0.132. The van der Waals surface area contributed by atoms with Gasteiger partial charge < -0.3 is 53.8 Å². The lowest BCUT2D eigenvalue weighted by Crippen LogP contribution is -2.30. The Balaban J connectivity index is -0.000000182. The summed E-state index contributed by atoms with van der Waals surface area (Å²) in [7, 11) is 0. The summed E-state index contributed by atoms with van der Waals surface area (Å²) < 4.78 is 0. The van der Waals surface area contributed by atoms with Crippen LogP contribution in [-0.2, 0) is 24.0 Å². The number of hydrogen-bond acceptors (Lipinski definition) is 12. The molecular formula is C19H41N5O10S2. The van der Waals surface area contributed by atoms with Crippen molar-refractivity contribution in [3.63, 3.8) is 0 Å². The molecule has 3 atom stereocenters. The predicted octanol–water partition coefficient (Wildman–Crippen LogP) is -1.81. The van der Waals surface area contributed by atoms with Gasteiger partial charge >= 0.3 is 29.8 Å². The fourth-order valence-corrected chi connectivity index (χ4v) is 2.61. The van der Waals surface area contributed by atoms with Crippen LogP contribution < -0.4 is 28.3 Å². The highest BCUT2D eigenvalue weighted by Crippen LogP contribution is 2.03. The van der Waals surface area contributed by atoms with Crippen LogP contribution in [0.1, 0.15) is 25.7 Å². The molecule has 0 unspecified atom stereocenters. The molecule has 14 N–H and O–H groups in total. The lowest BCUT2D eigenvalue weighted by Gasteiger charge is -2.02. The minimum atomic E-state index is -0.968. The van der Waals surface area contributed by atoms with E-state index in [0.29, 0.717) is 12.8 Å². The van der Waals surface area contributed by atoms with E-state index < -0.39 is 41.9 Å². The van der Waals surface area contributed by atoms with Gasteiger partial charge in [0.1, 0.15) is 18.1 Å². The maximum absolute atomic E-state index is 10.1. The van der Waals surface area contributed by atoms with Gasteiger partial charge in [0.05, 0.1) is 13.1 Å². The molecule has 17 heteroatoms. The number of carbonyl (C=O) groups is 5. The molecule has 0 aromatic heterocycles. The van der Waals surface area contributed by atoms with Crippen molar-refractivity contribution >= 4 is 53.4 Å². The van der Waals surface area contributed by atoms with Crippen LogP contribution in [-0.4, -0.2) is 117 Å². The molecule has 0 aliphatic carbocycles. The summed E-state index contributed by atoms with van der Waals surface area (Å²) in [6.07, 6.45) is 6.74. The van der Waals surface area contributed by atoms with Crippen LogP contribution in [0.5, 0.6) is 0 Å². The molecule has 1 aliphatic heterocycles. The maximum atomic E-state index is 10.1. The second-order valence-electron chi connectivity index (χ2n) is 6.64. The van der Waals surface area contributed by atoms with E-state index in [2.05, 4.69) is 16.8 Å².